The lowest BCUT2D eigenvalue weighted by atomic mass is 10.0. The van der Waals surface area contributed by atoms with Crippen molar-refractivity contribution in [1.82, 2.24) is 9.80 Å². The first kappa shape index (κ1) is 17.3. The number of aryl methyl sites for hydroxylation is 1. The Morgan fingerprint density at radius 3 is 2.79 bits per heavy atom. The summed E-state index contributed by atoms with van der Waals surface area (Å²) in [5, 5.41) is 0. The zero-order chi connectivity index (χ0) is 16.9. The van der Waals surface area contributed by atoms with E-state index in [0.29, 0.717) is 24.4 Å². The minimum atomic E-state index is 0.322. The fourth-order valence-corrected chi connectivity index (χ4v) is 4.41. The van der Waals surface area contributed by atoms with Gasteiger partial charge in [-0.1, -0.05) is 19.1 Å². The van der Waals surface area contributed by atoms with Crippen LogP contribution in [0.5, 0.6) is 5.75 Å². The van der Waals surface area contributed by atoms with E-state index in [1.165, 1.54) is 31.4 Å². The quantitative estimate of drug-likeness (QED) is 0.803. The van der Waals surface area contributed by atoms with Gasteiger partial charge in [0.15, 0.2) is 0 Å². The second kappa shape index (κ2) is 8.02. The molecule has 0 bridgehead atoms. The van der Waals surface area contributed by atoms with Crippen LogP contribution < -0.4 is 4.74 Å². The Labute approximate surface area is 145 Å². The molecule has 3 rings (SSSR count). The van der Waals surface area contributed by atoms with Crippen molar-refractivity contribution in [2.24, 2.45) is 0 Å². The van der Waals surface area contributed by atoms with Gasteiger partial charge < -0.3 is 9.64 Å². The Morgan fingerprint density at radius 1 is 1.21 bits per heavy atom. The molecule has 0 unspecified atom stereocenters. The Morgan fingerprint density at radius 2 is 2.00 bits per heavy atom. The van der Waals surface area contributed by atoms with E-state index in [9.17, 15) is 4.79 Å². The number of nitrogens with zero attached hydrogens (tertiary/aromatic N) is 2. The maximum absolute atomic E-state index is 12.8. The van der Waals surface area contributed by atoms with E-state index in [-0.39, 0.29) is 0 Å². The lowest BCUT2D eigenvalue weighted by Gasteiger charge is -2.34. The number of ether oxygens (including phenoxy) is 1. The van der Waals surface area contributed by atoms with Crippen LogP contribution in [0.4, 0.5) is 0 Å². The number of likely N-dealkylation sites (tertiary alicyclic amines) is 2. The van der Waals surface area contributed by atoms with Crippen molar-refractivity contribution in [3.63, 3.8) is 0 Å². The number of methoxy groups -OCH3 is 1. The van der Waals surface area contributed by atoms with Gasteiger partial charge in [0.05, 0.1) is 7.11 Å². The standard InChI is InChI=1S/C20H30N2O2/c1-3-21-13-5-9-18(21)19-10-6-14-22(19)20(23)12-11-16-7-4-8-17(15-16)24-2/h4,7-8,15,18-19H,3,5-6,9-14H2,1-2H3/t18-,19+/m0/s1. The Balaban J connectivity index is 1.59. The van der Waals surface area contributed by atoms with Crippen LogP contribution in [0.2, 0.25) is 0 Å². The summed E-state index contributed by atoms with van der Waals surface area (Å²) < 4.78 is 5.27. The smallest absolute Gasteiger partial charge is 0.223 e. The highest BCUT2D eigenvalue weighted by atomic mass is 16.5. The van der Waals surface area contributed by atoms with Crippen LogP contribution in [-0.2, 0) is 11.2 Å². The summed E-state index contributed by atoms with van der Waals surface area (Å²) in [7, 11) is 1.68. The summed E-state index contributed by atoms with van der Waals surface area (Å²) in [4.78, 5) is 17.6. The molecular formula is C20H30N2O2. The molecule has 0 aromatic heterocycles. The molecule has 2 saturated heterocycles. The highest BCUT2D eigenvalue weighted by Crippen LogP contribution is 2.30. The highest BCUT2D eigenvalue weighted by Gasteiger charge is 2.38. The first-order valence-corrected chi connectivity index (χ1v) is 9.39. The fourth-order valence-electron chi connectivity index (χ4n) is 4.41. The second-order valence-corrected chi connectivity index (χ2v) is 6.99. The monoisotopic (exact) mass is 330 g/mol. The fraction of sp³-hybridized carbons (Fsp3) is 0.650. The van der Waals surface area contributed by atoms with Crippen molar-refractivity contribution in [2.75, 3.05) is 26.7 Å². The number of carbonyl (C=O) groups excluding carboxylic acids is 1. The van der Waals surface area contributed by atoms with Crippen molar-refractivity contribution < 1.29 is 9.53 Å². The van der Waals surface area contributed by atoms with E-state index in [1.54, 1.807) is 7.11 Å². The predicted octanol–water partition coefficient (Wildman–Crippen LogP) is 3.10. The Hall–Kier alpha value is -1.55. The average molecular weight is 330 g/mol. The SMILES string of the molecule is CCN1CCC[C@H]1[C@H]1CCCN1C(=O)CCc1cccc(OC)c1. The zero-order valence-electron chi connectivity index (χ0n) is 15.0. The molecular weight excluding hydrogens is 300 g/mol. The normalized spacial score (nSPS) is 24.5. The molecule has 0 aliphatic carbocycles. The Kier molecular flexibility index (Phi) is 5.77. The molecule has 0 radical (unpaired) electrons. The van der Waals surface area contributed by atoms with Gasteiger partial charge in [-0.25, -0.2) is 0 Å². The molecule has 4 nitrogen and oxygen atoms in total. The zero-order valence-corrected chi connectivity index (χ0v) is 15.0. The van der Waals surface area contributed by atoms with Gasteiger partial charge in [-0.05, 0) is 62.9 Å². The number of hydrogen-bond donors (Lipinski definition) is 0. The molecule has 2 aliphatic rings. The van der Waals surface area contributed by atoms with Crippen LogP contribution in [-0.4, -0.2) is 54.5 Å². The van der Waals surface area contributed by atoms with E-state index in [4.69, 9.17) is 4.74 Å². The summed E-state index contributed by atoms with van der Waals surface area (Å²) in [5.41, 5.74) is 1.18. The number of carbonyl (C=O) groups is 1. The average Bonchev–Trinajstić information content (AvgIpc) is 3.27. The third kappa shape index (κ3) is 3.75. The minimum absolute atomic E-state index is 0.322. The molecule has 2 aliphatic heterocycles. The van der Waals surface area contributed by atoms with E-state index >= 15 is 0 Å². The molecule has 0 spiro atoms. The second-order valence-electron chi connectivity index (χ2n) is 6.99. The molecule has 1 amide bonds. The van der Waals surface area contributed by atoms with Crippen LogP contribution >= 0.6 is 0 Å². The van der Waals surface area contributed by atoms with Crippen LogP contribution in [0.15, 0.2) is 24.3 Å². The highest BCUT2D eigenvalue weighted by molar-refractivity contribution is 5.77. The van der Waals surface area contributed by atoms with Crippen molar-refractivity contribution in [3.05, 3.63) is 29.8 Å². The molecule has 2 atom stereocenters. The number of likely N-dealkylation sites (N-methyl/N-ethyl adjacent to an activating group) is 1. The van der Waals surface area contributed by atoms with Crippen molar-refractivity contribution >= 4 is 5.91 Å². The van der Waals surface area contributed by atoms with Crippen LogP contribution in [0.3, 0.4) is 0 Å². The third-order valence-electron chi connectivity index (χ3n) is 5.65. The summed E-state index contributed by atoms with van der Waals surface area (Å²) in [6.07, 6.45) is 6.25. The number of hydrogen-bond acceptors (Lipinski definition) is 3. The number of rotatable bonds is 6. The first-order chi connectivity index (χ1) is 11.7. The largest absolute Gasteiger partial charge is 0.497 e. The molecule has 0 saturated carbocycles. The van der Waals surface area contributed by atoms with Gasteiger partial charge in [-0.3, -0.25) is 9.69 Å². The van der Waals surface area contributed by atoms with E-state index in [2.05, 4.69) is 22.8 Å². The summed E-state index contributed by atoms with van der Waals surface area (Å²) in [6.45, 7) is 5.48. The van der Waals surface area contributed by atoms with Gasteiger partial charge in [0, 0.05) is 25.0 Å². The molecule has 2 heterocycles. The maximum Gasteiger partial charge on any atom is 0.223 e. The summed E-state index contributed by atoms with van der Waals surface area (Å²) in [6, 6.07) is 9.07. The number of amides is 1. The molecule has 2 fully saturated rings. The summed E-state index contributed by atoms with van der Waals surface area (Å²) >= 11 is 0. The van der Waals surface area contributed by atoms with Crippen molar-refractivity contribution in [2.45, 2.75) is 57.5 Å². The van der Waals surface area contributed by atoms with Crippen LogP contribution in [0.25, 0.3) is 0 Å². The third-order valence-corrected chi connectivity index (χ3v) is 5.65. The van der Waals surface area contributed by atoms with Gasteiger partial charge in [-0.2, -0.15) is 0 Å². The van der Waals surface area contributed by atoms with Crippen LogP contribution in [0.1, 0.15) is 44.6 Å². The predicted molar refractivity (Wildman–Crippen MR) is 96.3 cm³/mol. The molecule has 24 heavy (non-hydrogen) atoms. The van der Waals surface area contributed by atoms with Crippen molar-refractivity contribution in [3.8, 4) is 5.75 Å². The van der Waals surface area contributed by atoms with E-state index in [1.807, 2.05) is 18.2 Å². The van der Waals surface area contributed by atoms with Gasteiger partial charge in [0.2, 0.25) is 5.91 Å². The van der Waals surface area contributed by atoms with E-state index < -0.39 is 0 Å². The minimum Gasteiger partial charge on any atom is -0.497 e. The lowest BCUT2D eigenvalue weighted by molar-refractivity contribution is -0.133. The molecule has 0 N–H and O–H groups in total. The van der Waals surface area contributed by atoms with E-state index in [0.717, 1.165) is 31.7 Å². The van der Waals surface area contributed by atoms with Gasteiger partial charge in [0.1, 0.15) is 5.75 Å². The molecule has 1 aromatic carbocycles. The topological polar surface area (TPSA) is 32.8 Å². The maximum atomic E-state index is 12.8. The van der Waals surface area contributed by atoms with Gasteiger partial charge >= 0.3 is 0 Å². The van der Waals surface area contributed by atoms with Crippen LogP contribution in [0, 0.1) is 0 Å². The molecule has 4 heteroatoms. The van der Waals surface area contributed by atoms with Crippen molar-refractivity contribution in [1.29, 1.82) is 0 Å². The number of benzene rings is 1. The molecule has 132 valence electrons. The first-order valence-electron chi connectivity index (χ1n) is 9.39. The molecule has 1 aromatic rings. The Bertz CT molecular complexity index is 560. The van der Waals surface area contributed by atoms with Gasteiger partial charge in [-0.15, -0.1) is 0 Å². The van der Waals surface area contributed by atoms with Gasteiger partial charge in [0.25, 0.3) is 0 Å². The lowest BCUT2D eigenvalue weighted by Crippen LogP contribution is -2.48. The summed E-state index contributed by atoms with van der Waals surface area (Å²) in [5.74, 6) is 1.19.